The second-order valence-electron chi connectivity index (χ2n) is 4.17. The van der Waals surface area contributed by atoms with Crippen LogP contribution in [0.15, 0.2) is 48.2 Å². The molecular formula is C15H9FN2O2S. The number of thiazole rings is 1. The van der Waals surface area contributed by atoms with Crippen LogP contribution in [-0.4, -0.2) is 15.9 Å². The van der Waals surface area contributed by atoms with Gasteiger partial charge in [-0.2, -0.15) is 0 Å². The summed E-state index contributed by atoms with van der Waals surface area (Å²) in [5.41, 5.74) is 2.31. The van der Waals surface area contributed by atoms with Crippen molar-refractivity contribution in [3.8, 4) is 5.75 Å². The molecule has 0 spiro atoms. The van der Waals surface area contributed by atoms with E-state index in [0.29, 0.717) is 10.9 Å². The smallest absolute Gasteiger partial charge is 0.336 e. The van der Waals surface area contributed by atoms with Crippen LogP contribution in [0.4, 0.5) is 4.39 Å². The molecule has 1 aromatic carbocycles. The van der Waals surface area contributed by atoms with Crippen LogP contribution in [0.5, 0.6) is 5.75 Å². The Hall–Kier alpha value is -2.60. The maximum Gasteiger partial charge on any atom is 0.336 e. The first kappa shape index (κ1) is 13.4. The molecule has 3 aromatic rings. The van der Waals surface area contributed by atoms with E-state index in [1.165, 1.54) is 35.7 Å². The molecule has 2 aromatic heterocycles. The molecule has 4 nitrogen and oxygen atoms in total. The molecule has 0 saturated carbocycles. The molecule has 3 rings (SSSR count). The molecule has 0 fully saturated rings. The molecule has 0 amide bonds. The van der Waals surface area contributed by atoms with E-state index in [-0.39, 0.29) is 11.6 Å². The fraction of sp³-hybridized carbons (Fsp3) is 0. The quantitative estimate of drug-likeness (QED) is 0.549. The second-order valence-corrected chi connectivity index (χ2v) is 5.08. The number of esters is 1. The summed E-state index contributed by atoms with van der Waals surface area (Å²) < 4.78 is 18.3. The summed E-state index contributed by atoms with van der Waals surface area (Å²) in [5, 5.41) is 0.576. The number of hydrogen-bond acceptors (Lipinski definition) is 5. The van der Waals surface area contributed by atoms with E-state index in [9.17, 15) is 9.18 Å². The van der Waals surface area contributed by atoms with Crippen molar-refractivity contribution in [1.29, 1.82) is 0 Å². The van der Waals surface area contributed by atoms with Crippen molar-refractivity contribution in [1.82, 2.24) is 9.97 Å². The van der Waals surface area contributed by atoms with Crippen LogP contribution in [-0.2, 0) is 4.79 Å². The maximum absolute atomic E-state index is 13.2. The number of rotatable bonds is 3. The Balaban J connectivity index is 1.76. The number of carbonyl (C=O) groups excluding carboxylic acids is 1. The molecule has 0 saturated heterocycles. The van der Waals surface area contributed by atoms with Crippen molar-refractivity contribution >= 4 is 34.3 Å². The number of halogens is 1. The molecule has 2 heterocycles. The lowest BCUT2D eigenvalue weighted by molar-refractivity contribution is -0.128. The van der Waals surface area contributed by atoms with Crippen LogP contribution < -0.4 is 4.74 Å². The molecule has 0 atom stereocenters. The molecule has 0 unspecified atom stereocenters. The number of aromatic nitrogens is 2. The van der Waals surface area contributed by atoms with E-state index in [4.69, 9.17) is 4.74 Å². The number of fused-ring (bicyclic) bond motifs is 1. The maximum atomic E-state index is 13.2. The van der Waals surface area contributed by atoms with Gasteiger partial charge < -0.3 is 4.74 Å². The summed E-state index contributed by atoms with van der Waals surface area (Å²) in [6.45, 7) is 0. The summed E-state index contributed by atoms with van der Waals surface area (Å²) in [4.78, 5) is 20.5. The van der Waals surface area contributed by atoms with Crippen LogP contribution in [0.3, 0.4) is 0 Å². The molecule has 0 aliphatic rings. The summed E-state index contributed by atoms with van der Waals surface area (Å²) in [6.07, 6.45) is 6.00. The molecule has 6 heteroatoms. The van der Waals surface area contributed by atoms with E-state index < -0.39 is 5.97 Å². The van der Waals surface area contributed by atoms with Crippen LogP contribution in [0, 0.1) is 5.82 Å². The lowest BCUT2D eigenvalue weighted by atomic mass is 10.2. The number of benzene rings is 1. The van der Waals surface area contributed by atoms with Gasteiger partial charge in [0.25, 0.3) is 0 Å². The minimum Gasteiger partial charge on any atom is -0.422 e. The largest absolute Gasteiger partial charge is 0.422 e. The van der Waals surface area contributed by atoms with Gasteiger partial charge in [-0.3, -0.25) is 9.97 Å². The van der Waals surface area contributed by atoms with Crippen molar-refractivity contribution in [2.45, 2.75) is 0 Å². The predicted octanol–water partition coefficient (Wildman–Crippen LogP) is 3.45. The van der Waals surface area contributed by atoms with E-state index in [1.54, 1.807) is 29.9 Å². The fourth-order valence-electron chi connectivity index (χ4n) is 1.75. The lowest BCUT2D eigenvalue weighted by Crippen LogP contribution is -2.03. The Kier molecular flexibility index (Phi) is 3.70. The third-order valence-corrected chi connectivity index (χ3v) is 3.41. The molecular weight excluding hydrogens is 291 g/mol. The molecule has 0 bridgehead atoms. The number of ether oxygens (including phenoxy) is 1. The standard InChI is InChI=1S/C15H9FN2O2S/c16-11-1-3-14-10(5-11)6-12(7-18-14)20-15(19)4-2-13-8-17-9-21-13/h1-9H/b4-2+. The highest BCUT2D eigenvalue weighted by atomic mass is 32.1. The summed E-state index contributed by atoms with van der Waals surface area (Å²) in [5.74, 6) is -0.620. The highest BCUT2D eigenvalue weighted by Gasteiger charge is 2.04. The second kappa shape index (κ2) is 5.80. The van der Waals surface area contributed by atoms with Crippen LogP contribution in [0.1, 0.15) is 4.88 Å². The highest BCUT2D eigenvalue weighted by molar-refractivity contribution is 7.10. The van der Waals surface area contributed by atoms with Gasteiger partial charge in [-0.15, -0.1) is 11.3 Å². The predicted molar refractivity (Wildman–Crippen MR) is 78.5 cm³/mol. The van der Waals surface area contributed by atoms with Gasteiger partial charge in [0, 0.05) is 22.5 Å². The molecule has 0 N–H and O–H groups in total. The van der Waals surface area contributed by atoms with Crippen molar-refractivity contribution in [3.05, 3.63) is 58.9 Å². The molecule has 104 valence electrons. The first-order valence-corrected chi connectivity index (χ1v) is 6.92. The monoisotopic (exact) mass is 300 g/mol. The topological polar surface area (TPSA) is 52.1 Å². The third kappa shape index (κ3) is 3.29. The van der Waals surface area contributed by atoms with Crippen molar-refractivity contribution in [3.63, 3.8) is 0 Å². The molecule has 0 aliphatic heterocycles. The van der Waals surface area contributed by atoms with Gasteiger partial charge in [0.05, 0.1) is 17.2 Å². The van der Waals surface area contributed by atoms with E-state index >= 15 is 0 Å². The van der Waals surface area contributed by atoms with E-state index in [1.807, 2.05) is 0 Å². The van der Waals surface area contributed by atoms with E-state index in [2.05, 4.69) is 9.97 Å². The fourth-order valence-corrected chi connectivity index (χ4v) is 2.26. The Morgan fingerprint density at radius 3 is 3.00 bits per heavy atom. The van der Waals surface area contributed by atoms with Crippen LogP contribution in [0.25, 0.3) is 17.0 Å². The molecule has 0 radical (unpaired) electrons. The first-order chi connectivity index (χ1) is 10.2. The molecule has 21 heavy (non-hydrogen) atoms. The zero-order chi connectivity index (χ0) is 14.7. The highest BCUT2D eigenvalue weighted by Crippen LogP contribution is 2.19. The zero-order valence-electron chi connectivity index (χ0n) is 10.7. The Morgan fingerprint density at radius 2 is 2.19 bits per heavy atom. The third-order valence-electron chi connectivity index (χ3n) is 2.67. The SMILES string of the molecule is O=C(/C=C/c1cncs1)Oc1cnc2ccc(F)cc2c1. The number of nitrogens with zero attached hydrogens (tertiary/aromatic N) is 2. The van der Waals surface area contributed by atoms with Gasteiger partial charge in [0.2, 0.25) is 0 Å². The van der Waals surface area contributed by atoms with Crippen molar-refractivity contribution in [2.75, 3.05) is 0 Å². The number of carbonyl (C=O) groups is 1. The van der Waals surface area contributed by atoms with Crippen molar-refractivity contribution < 1.29 is 13.9 Å². The average molecular weight is 300 g/mol. The Labute approximate surface area is 123 Å². The molecule has 0 aliphatic carbocycles. The number of pyridine rings is 1. The van der Waals surface area contributed by atoms with Gasteiger partial charge in [-0.1, -0.05) is 0 Å². The minimum absolute atomic E-state index is 0.270. The summed E-state index contributed by atoms with van der Waals surface area (Å²) >= 11 is 1.41. The Morgan fingerprint density at radius 1 is 1.29 bits per heavy atom. The minimum atomic E-state index is -0.527. The van der Waals surface area contributed by atoms with Gasteiger partial charge in [0.1, 0.15) is 11.6 Å². The normalized spacial score (nSPS) is 11.1. The van der Waals surface area contributed by atoms with Gasteiger partial charge >= 0.3 is 5.97 Å². The summed E-state index contributed by atoms with van der Waals surface area (Å²) in [7, 11) is 0. The Bertz CT molecular complexity index is 816. The van der Waals surface area contributed by atoms with Crippen LogP contribution >= 0.6 is 11.3 Å². The number of hydrogen-bond donors (Lipinski definition) is 0. The summed E-state index contributed by atoms with van der Waals surface area (Å²) in [6, 6.07) is 5.81. The van der Waals surface area contributed by atoms with Gasteiger partial charge in [-0.25, -0.2) is 9.18 Å². The van der Waals surface area contributed by atoms with Crippen molar-refractivity contribution in [2.24, 2.45) is 0 Å². The van der Waals surface area contributed by atoms with E-state index in [0.717, 1.165) is 4.88 Å². The van der Waals surface area contributed by atoms with Crippen LogP contribution in [0.2, 0.25) is 0 Å². The van der Waals surface area contributed by atoms with Gasteiger partial charge in [-0.05, 0) is 30.3 Å². The zero-order valence-corrected chi connectivity index (χ0v) is 11.5. The average Bonchev–Trinajstić information content (AvgIpc) is 2.98. The van der Waals surface area contributed by atoms with Gasteiger partial charge in [0.15, 0.2) is 0 Å². The lowest BCUT2D eigenvalue weighted by Gasteiger charge is -2.02. The first-order valence-electron chi connectivity index (χ1n) is 6.04.